The summed E-state index contributed by atoms with van der Waals surface area (Å²) < 4.78 is 6.14. The summed E-state index contributed by atoms with van der Waals surface area (Å²) in [5, 5.41) is 2.79. The molecule has 0 unspecified atom stereocenters. The van der Waals surface area contributed by atoms with Gasteiger partial charge in [0.15, 0.2) is 0 Å². The molecule has 1 nitrogen and oxygen atoms in total. The third-order valence-electron chi connectivity index (χ3n) is 4.17. The second-order valence-electron chi connectivity index (χ2n) is 5.94. The second kappa shape index (κ2) is 7.77. The number of halogens is 1. The Hall–Kier alpha value is -2.55. The topological polar surface area (TPSA) is 9.23 Å². The Bertz CT molecular complexity index is 993. The molecule has 1 heterocycles. The van der Waals surface area contributed by atoms with Gasteiger partial charge in [-0.05, 0) is 40.8 Å². The van der Waals surface area contributed by atoms with Crippen LogP contribution in [-0.4, -0.2) is 0 Å². The summed E-state index contributed by atoms with van der Waals surface area (Å²) in [6.07, 6.45) is 0. The maximum Gasteiger partial charge on any atom is 0.129 e. The zero-order valence-electron chi connectivity index (χ0n) is 14.1. The van der Waals surface area contributed by atoms with Crippen molar-refractivity contribution in [3.63, 3.8) is 0 Å². The first-order valence-corrected chi connectivity index (χ1v) is 9.66. The van der Waals surface area contributed by atoms with Gasteiger partial charge in [-0.2, -0.15) is 0 Å². The Balaban J connectivity index is 1.71. The highest BCUT2D eigenvalue weighted by Crippen LogP contribution is 2.41. The minimum atomic E-state index is 0.513. The van der Waals surface area contributed by atoms with Crippen LogP contribution >= 0.6 is 22.9 Å². The van der Waals surface area contributed by atoms with Crippen LogP contribution in [-0.2, 0) is 6.61 Å². The molecule has 0 bridgehead atoms. The molecule has 1 aromatic heterocycles. The van der Waals surface area contributed by atoms with Crippen molar-refractivity contribution in [1.29, 1.82) is 0 Å². The Labute approximate surface area is 162 Å². The van der Waals surface area contributed by atoms with E-state index in [2.05, 4.69) is 47.8 Å². The largest absolute Gasteiger partial charge is 0.488 e. The first kappa shape index (κ1) is 16.9. The lowest BCUT2D eigenvalue weighted by Gasteiger charge is -2.13. The Morgan fingerprint density at radius 2 is 1.50 bits per heavy atom. The molecule has 3 heteroatoms. The van der Waals surface area contributed by atoms with Gasteiger partial charge in [0.25, 0.3) is 0 Å². The zero-order chi connectivity index (χ0) is 17.8. The van der Waals surface area contributed by atoms with E-state index < -0.39 is 0 Å². The molecule has 128 valence electrons. The number of benzene rings is 3. The van der Waals surface area contributed by atoms with Crippen LogP contribution in [0.1, 0.15) is 5.56 Å². The minimum Gasteiger partial charge on any atom is -0.488 e. The van der Waals surface area contributed by atoms with Gasteiger partial charge in [0.2, 0.25) is 0 Å². The highest BCUT2D eigenvalue weighted by Gasteiger charge is 2.14. The molecular formula is C23H17ClOS. The van der Waals surface area contributed by atoms with Gasteiger partial charge >= 0.3 is 0 Å². The van der Waals surface area contributed by atoms with Crippen LogP contribution in [0, 0.1) is 0 Å². The molecule has 0 atom stereocenters. The normalized spacial score (nSPS) is 10.7. The molecule has 26 heavy (non-hydrogen) atoms. The van der Waals surface area contributed by atoms with Gasteiger partial charge in [0, 0.05) is 21.0 Å². The van der Waals surface area contributed by atoms with E-state index in [0.717, 1.165) is 16.9 Å². The summed E-state index contributed by atoms with van der Waals surface area (Å²) in [6.45, 7) is 0.513. The number of hydrogen-bond donors (Lipinski definition) is 0. The molecule has 3 aromatic carbocycles. The maximum atomic E-state index is 6.24. The molecule has 0 saturated carbocycles. The summed E-state index contributed by atoms with van der Waals surface area (Å²) in [6, 6.07) is 28.6. The first-order chi connectivity index (χ1) is 12.8. The SMILES string of the molecule is Clc1ccc(-c2ccsc2-c2ccccc2)c(OCc2ccccc2)c1. The summed E-state index contributed by atoms with van der Waals surface area (Å²) >= 11 is 7.98. The van der Waals surface area contributed by atoms with Crippen LogP contribution in [0.25, 0.3) is 21.6 Å². The van der Waals surface area contributed by atoms with Crippen LogP contribution < -0.4 is 4.74 Å². The van der Waals surface area contributed by atoms with Crippen molar-refractivity contribution >= 4 is 22.9 Å². The van der Waals surface area contributed by atoms with Crippen molar-refractivity contribution < 1.29 is 4.74 Å². The molecule has 0 aliphatic rings. The molecule has 0 amide bonds. The fraction of sp³-hybridized carbons (Fsp3) is 0.0435. The van der Waals surface area contributed by atoms with Gasteiger partial charge in [-0.1, -0.05) is 72.3 Å². The average Bonchev–Trinajstić information content (AvgIpc) is 3.17. The van der Waals surface area contributed by atoms with Crippen LogP contribution in [0.15, 0.2) is 90.3 Å². The lowest BCUT2D eigenvalue weighted by atomic mass is 10.0. The van der Waals surface area contributed by atoms with Crippen molar-refractivity contribution in [3.05, 3.63) is 101 Å². The monoisotopic (exact) mass is 376 g/mol. The maximum absolute atomic E-state index is 6.24. The van der Waals surface area contributed by atoms with E-state index in [1.807, 2.05) is 42.5 Å². The smallest absolute Gasteiger partial charge is 0.129 e. The highest BCUT2D eigenvalue weighted by molar-refractivity contribution is 7.14. The fourth-order valence-corrected chi connectivity index (χ4v) is 3.99. The predicted molar refractivity (Wildman–Crippen MR) is 111 cm³/mol. The second-order valence-corrected chi connectivity index (χ2v) is 7.30. The average molecular weight is 377 g/mol. The van der Waals surface area contributed by atoms with E-state index in [0.29, 0.717) is 11.6 Å². The van der Waals surface area contributed by atoms with Gasteiger partial charge < -0.3 is 4.74 Å². The number of rotatable bonds is 5. The molecule has 0 saturated heterocycles. The molecular weight excluding hydrogens is 360 g/mol. The minimum absolute atomic E-state index is 0.513. The summed E-state index contributed by atoms with van der Waals surface area (Å²) in [7, 11) is 0. The third-order valence-corrected chi connectivity index (χ3v) is 5.37. The van der Waals surface area contributed by atoms with Gasteiger partial charge in [-0.25, -0.2) is 0 Å². The van der Waals surface area contributed by atoms with Crippen LogP contribution in [0.3, 0.4) is 0 Å². The van der Waals surface area contributed by atoms with E-state index in [1.165, 1.54) is 16.0 Å². The summed E-state index contributed by atoms with van der Waals surface area (Å²) in [4.78, 5) is 1.23. The molecule has 0 N–H and O–H groups in total. The van der Waals surface area contributed by atoms with E-state index >= 15 is 0 Å². The molecule has 4 aromatic rings. The third kappa shape index (κ3) is 3.67. The lowest BCUT2D eigenvalue weighted by Crippen LogP contribution is -1.97. The predicted octanol–water partition coefficient (Wildman–Crippen LogP) is 7.31. The zero-order valence-corrected chi connectivity index (χ0v) is 15.6. The van der Waals surface area contributed by atoms with E-state index in [1.54, 1.807) is 11.3 Å². The van der Waals surface area contributed by atoms with Crippen LogP contribution in [0.5, 0.6) is 5.75 Å². The summed E-state index contributed by atoms with van der Waals surface area (Å²) in [5.41, 5.74) is 4.57. The molecule has 0 aliphatic heterocycles. The molecule has 0 radical (unpaired) electrons. The van der Waals surface area contributed by atoms with Crippen molar-refractivity contribution in [3.8, 4) is 27.3 Å². The lowest BCUT2D eigenvalue weighted by molar-refractivity contribution is 0.307. The molecule has 0 aliphatic carbocycles. The standard InChI is InChI=1S/C23H17ClOS/c24-19-11-12-20(22(15-19)25-16-17-7-3-1-4-8-17)21-13-14-26-23(21)18-9-5-2-6-10-18/h1-15H,16H2. The number of hydrogen-bond acceptors (Lipinski definition) is 2. The summed E-state index contributed by atoms with van der Waals surface area (Å²) in [5.74, 6) is 0.803. The van der Waals surface area contributed by atoms with Crippen molar-refractivity contribution in [2.75, 3.05) is 0 Å². The van der Waals surface area contributed by atoms with Crippen LogP contribution in [0.4, 0.5) is 0 Å². The van der Waals surface area contributed by atoms with Crippen molar-refractivity contribution in [2.45, 2.75) is 6.61 Å². The van der Waals surface area contributed by atoms with Gasteiger partial charge in [-0.15, -0.1) is 11.3 Å². The molecule has 0 fully saturated rings. The van der Waals surface area contributed by atoms with Crippen molar-refractivity contribution in [1.82, 2.24) is 0 Å². The quantitative estimate of drug-likeness (QED) is 0.354. The number of thiophene rings is 1. The molecule has 0 spiro atoms. The van der Waals surface area contributed by atoms with E-state index in [-0.39, 0.29) is 0 Å². The number of ether oxygens (including phenoxy) is 1. The first-order valence-electron chi connectivity index (χ1n) is 8.41. The Morgan fingerprint density at radius 1 is 0.769 bits per heavy atom. The van der Waals surface area contributed by atoms with Gasteiger partial charge in [-0.3, -0.25) is 0 Å². The fourth-order valence-electron chi connectivity index (χ4n) is 2.91. The molecule has 4 rings (SSSR count). The van der Waals surface area contributed by atoms with Crippen LogP contribution in [0.2, 0.25) is 5.02 Å². The Morgan fingerprint density at radius 3 is 2.27 bits per heavy atom. The van der Waals surface area contributed by atoms with Gasteiger partial charge in [0.1, 0.15) is 12.4 Å². The van der Waals surface area contributed by atoms with Crippen molar-refractivity contribution in [2.24, 2.45) is 0 Å². The van der Waals surface area contributed by atoms with E-state index in [9.17, 15) is 0 Å². The van der Waals surface area contributed by atoms with Gasteiger partial charge in [0.05, 0.1) is 0 Å². The Kier molecular flexibility index (Phi) is 5.05. The highest BCUT2D eigenvalue weighted by atomic mass is 35.5. The van der Waals surface area contributed by atoms with E-state index in [4.69, 9.17) is 16.3 Å².